The van der Waals surface area contributed by atoms with Gasteiger partial charge >= 0.3 is 0 Å². The number of fused-ring (bicyclic) bond motifs is 3. The van der Waals surface area contributed by atoms with Crippen LogP contribution in [0.15, 0.2) is 58.8 Å². The SMILES string of the molecule is COCCN(C(=O)c1cc(-c2cccc(OC)c2)c(=O)n2ccc3ccsc3c12)C1CCCC1. The minimum atomic E-state index is -0.153. The Morgan fingerprint density at radius 1 is 1.15 bits per heavy atom. The van der Waals surface area contributed by atoms with Gasteiger partial charge < -0.3 is 14.4 Å². The molecule has 0 aliphatic heterocycles. The van der Waals surface area contributed by atoms with Gasteiger partial charge in [0.05, 0.1) is 29.5 Å². The van der Waals surface area contributed by atoms with Gasteiger partial charge in [0.25, 0.3) is 11.5 Å². The highest BCUT2D eigenvalue weighted by atomic mass is 32.1. The van der Waals surface area contributed by atoms with Gasteiger partial charge in [0.2, 0.25) is 0 Å². The van der Waals surface area contributed by atoms with Crippen LogP contribution in [-0.2, 0) is 4.74 Å². The van der Waals surface area contributed by atoms with Gasteiger partial charge in [0.1, 0.15) is 5.75 Å². The minimum absolute atomic E-state index is 0.0495. The molecule has 176 valence electrons. The molecule has 1 saturated carbocycles. The lowest BCUT2D eigenvalue weighted by Gasteiger charge is -2.29. The molecular formula is C27H28N2O4S. The van der Waals surface area contributed by atoms with Crippen LogP contribution in [0.4, 0.5) is 0 Å². The summed E-state index contributed by atoms with van der Waals surface area (Å²) < 4.78 is 13.3. The highest BCUT2D eigenvalue weighted by Gasteiger charge is 2.30. The predicted molar refractivity (Wildman–Crippen MR) is 136 cm³/mol. The lowest BCUT2D eigenvalue weighted by Crippen LogP contribution is -2.41. The van der Waals surface area contributed by atoms with Crippen molar-refractivity contribution in [2.45, 2.75) is 31.7 Å². The molecule has 1 aliphatic rings. The Morgan fingerprint density at radius 2 is 1.97 bits per heavy atom. The molecule has 7 heteroatoms. The van der Waals surface area contributed by atoms with Gasteiger partial charge in [0.15, 0.2) is 0 Å². The average molecular weight is 477 g/mol. The van der Waals surface area contributed by atoms with Crippen molar-refractivity contribution in [2.24, 2.45) is 0 Å². The summed E-state index contributed by atoms with van der Waals surface area (Å²) in [5.74, 6) is 0.614. The summed E-state index contributed by atoms with van der Waals surface area (Å²) in [6.45, 7) is 1.00. The Bertz CT molecular complexity index is 1400. The van der Waals surface area contributed by atoms with Crippen LogP contribution in [-0.4, -0.2) is 48.6 Å². The molecule has 0 saturated heterocycles. The summed E-state index contributed by atoms with van der Waals surface area (Å²) in [5.41, 5.74) is 2.28. The van der Waals surface area contributed by atoms with Crippen LogP contribution in [0.5, 0.6) is 5.75 Å². The second-order valence-electron chi connectivity index (χ2n) is 8.68. The molecule has 0 atom stereocenters. The molecule has 1 aromatic carbocycles. The maximum absolute atomic E-state index is 14.2. The van der Waals surface area contributed by atoms with Gasteiger partial charge in [0, 0.05) is 31.5 Å². The molecule has 4 aromatic rings. The third kappa shape index (κ3) is 3.99. The third-order valence-electron chi connectivity index (χ3n) is 6.72. The lowest BCUT2D eigenvalue weighted by molar-refractivity contribution is 0.0607. The molecule has 3 heterocycles. The van der Waals surface area contributed by atoms with Crippen molar-refractivity contribution in [2.75, 3.05) is 27.4 Å². The molecular weight excluding hydrogens is 448 g/mol. The number of ether oxygens (including phenoxy) is 2. The number of hydrogen-bond donors (Lipinski definition) is 0. The van der Waals surface area contributed by atoms with Crippen LogP contribution >= 0.6 is 11.3 Å². The van der Waals surface area contributed by atoms with E-state index >= 15 is 0 Å². The molecule has 1 amide bonds. The monoisotopic (exact) mass is 476 g/mol. The average Bonchev–Trinajstić information content (AvgIpc) is 3.57. The van der Waals surface area contributed by atoms with Crippen LogP contribution in [0, 0.1) is 0 Å². The van der Waals surface area contributed by atoms with Gasteiger partial charge in [-0.25, -0.2) is 0 Å². The Kier molecular flexibility index (Phi) is 6.39. The number of thiophene rings is 1. The standard InChI is InChI=1S/C27H28N2O4S/c1-32-14-13-28(20-7-3-4-8-20)27(31)23-17-22(19-6-5-9-21(16-19)33-2)26(30)29-12-10-18-11-15-34-25(18)24(23)29/h5-6,9-12,15-17,20H,3-4,7-8,13-14H2,1-2H3. The highest BCUT2D eigenvalue weighted by molar-refractivity contribution is 7.18. The Labute approximate surface area is 202 Å². The van der Waals surface area contributed by atoms with Gasteiger partial charge in [-0.05, 0) is 59.5 Å². The van der Waals surface area contributed by atoms with Gasteiger partial charge in [-0.1, -0.05) is 25.0 Å². The fourth-order valence-corrected chi connectivity index (χ4v) is 5.92. The van der Waals surface area contributed by atoms with Crippen molar-refractivity contribution < 1.29 is 14.3 Å². The summed E-state index contributed by atoms with van der Waals surface area (Å²) >= 11 is 1.55. The van der Waals surface area contributed by atoms with Crippen molar-refractivity contribution in [3.63, 3.8) is 0 Å². The molecule has 34 heavy (non-hydrogen) atoms. The van der Waals surface area contributed by atoms with Crippen molar-refractivity contribution in [3.05, 3.63) is 70.0 Å². The first-order valence-corrected chi connectivity index (χ1v) is 12.5. The molecule has 6 nitrogen and oxygen atoms in total. The number of aromatic nitrogens is 1. The molecule has 1 fully saturated rings. The first-order chi connectivity index (χ1) is 16.6. The second-order valence-corrected chi connectivity index (χ2v) is 9.59. The van der Waals surface area contributed by atoms with Crippen LogP contribution < -0.4 is 10.3 Å². The zero-order valence-electron chi connectivity index (χ0n) is 19.5. The minimum Gasteiger partial charge on any atom is -0.497 e. The second kappa shape index (κ2) is 9.60. The van der Waals surface area contributed by atoms with Crippen LogP contribution in [0.1, 0.15) is 36.0 Å². The van der Waals surface area contributed by atoms with Crippen molar-refractivity contribution in [1.29, 1.82) is 0 Å². The maximum Gasteiger partial charge on any atom is 0.263 e. The van der Waals surface area contributed by atoms with Crippen LogP contribution in [0.2, 0.25) is 0 Å². The fraction of sp³-hybridized carbons (Fsp3) is 0.333. The Hall–Kier alpha value is -3.16. The molecule has 0 spiro atoms. The summed E-state index contributed by atoms with van der Waals surface area (Å²) in [6, 6.07) is 13.3. The van der Waals surface area contributed by atoms with E-state index in [1.165, 1.54) is 0 Å². The lowest BCUT2D eigenvalue weighted by atomic mass is 10.0. The number of pyridine rings is 2. The normalized spacial score (nSPS) is 14.2. The topological polar surface area (TPSA) is 60.2 Å². The number of benzene rings is 1. The number of hydrogen-bond acceptors (Lipinski definition) is 5. The number of carbonyl (C=O) groups excluding carboxylic acids is 1. The molecule has 0 unspecified atom stereocenters. The third-order valence-corrected chi connectivity index (χ3v) is 7.66. The number of amides is 1. The summed E-state index contributed by atoms with van der Waals surface area (Å²) in [6.07, 6.45) is 6.03. The highest BCUT2D eigenvalue weighted by Crippen LogP contribution is 2.32. The molecule has 0 radical (unpaired) electrons. The summed E-state index contributed by atoms with van der Waals surface area (Å²) in [7, 11) is 3.26. The predicted octanol–water partition coefficient (Wildman–Crippen LogP) is 5.22. The fourth-order valence-electron chi connectivity index (χ4n) is 4.98. The largest absolute Gasteiger partial charge is 0.497 e. The Morgan fingerprint density at radius 3 is 2.74 bits per heavy atom. The van der Waals surface area contributed by atoms with E-state index in [2.05, 4.69) is 0 Å². The van der Waals surface area contributed by atoms with Crippen molar-refractivity contribution >= 4 is 32.8 Å². The summed E-state index contributed by atoms with van der Waals surface area (Å²) in [4.78, 5) is 29.8. The summed E-state index contributed by atoms with van der Waals surface area (Å²) in [5, 5.41) is 3.02. The van der Waals surface area contributed by atoms with Crippen molar-refractivity contribution in [3.8, 4) is 16.9 Å². The first kappa shape index (κ1) is 22.6. The van der Waals surface area contributed by atoms with E-state index in [9.17, 15) is 9.59 Å². The van der Waals surface area contributed by atoms with E-state index < -0.39 is 0 Å². The molecule has 5 rings (SSSR count). The number of nitrogens with zero attached hydrogens (tertiary/aromatic N) is 2. The van der Waals surface area contributed by atoms with Gasteiger partial charge in [-0.2, -0.15) is 0 Å². The van der Waals surface area contributed by atoms with Crippen LogP contribution in [0.25, 0.3) is 26.7 Å². The van der Waals surface area contributed by atoms with E-state index in [-0.39, 0.29) is 17.5 Å². The van der Waals surface area contributed by atoms with E-state index in [0.29, 0.717) is 35.5 Å². The quantitative estimate of drug-likeness (QED) is 0.367. The number of methoxy groups -OCH3 is 2. The smallest absolute Gasteiger partial charge is 0.263 e. The van der Waals surface area contributed by atoms with E-state index in [1.54, 1.807) is 42.2 Å². The molecule has 0 bridgehead atoms. The van der Waals surface area contributed by atoms with Gasteiger partial charge in [-0.3, -0.25) is 14.0 Å². The zero-order valence-corrected chi connectivity index (χ0v) is 20.3. The zero-order chi connectivity index (χ0) is 23.7. The van der Waals surface area contributed by atoms with Crippen molar-refractivity contribution in [1.82, 2.24) is 9.30 Å². The molecule has 1 aliphatic carbocycles. The van der Waals surface area contributed by atoms with Gasteiger partial charge in [-0.15, -0.1) is 11.3 Å². The number of carbonyl (C=O) groups is 1. The first-order valence-electron chi connectivity index (χ1n) is 11.6. The maximum atomic E-state index is 14.2. The molecule has 3 aromatic heterocycles. The number of rotatable bonds is 7. The molecule has 0 N–H and O–H groups in total. The van der Waals surface area contributed by atoms with E-state index in [4.69, 9.17) is 9.47 Å². The van der Waals surface area contributed by atoms with E-state index in [1.807, 2.05) is 46.7 Å². The Balaban J connectivity index is 1.76. The van der Waals surface area contributed by atoms with Crippen LogP contribution in [0.3, 0.4) is 0 Å². The van der Waals surface area contributed by atoms with E-state index in [0.717, 1.165) is 41.3 Å².